The average molecular weight is 409 g/mol. The lowest BCUT2D eigenvalue weighted by molar-refractivity contribution is 0.0950. The van der Waals surface area contributed by atoms with Gasteiger partial charge in [-0.3, -0.25) is 4.79 Å². The number of ether oxygens (including phenoxy) is 1. The van der Waals surface area contributed by atoms with Crippen LogP contribution in [0.2, 0.25) is 0 Å². The van der Waals surface area contributed by atoms with Crippen molar-refractivity contribution in [3.63, 3.8) is 0 Å². The maximum atomic E-state index is 12.4. The second-order valence-corrected chi connectivity index (χ2v) is 7.93. The molecule has 0 radical (unpaired) electrons. The Kier molecular flexibility index (Phi) is 7.82. The van der Waals surface area contributed by atoms with Crippen molar-refractivity contribution in [3.05, 3.63) is 70.7 Å². The summed E-state index contributed by atoms with van der Waals surface area (Å²) in [7, 11) is 0. The van der Waals surface area contributed by atoms with Gasteiger partial charge in [-0.15, -0.1) is 11.3 Å². The number of rotatable bonds is 10. The summed E-state index contributed by atoms with van der Waals surface area (Å²) in [6.07, 6.45) is 4.72. The third-order valence-corrected chi connectivity index (χ3v) is 5.66. The minimum Gasteiger partial charge on any atom is -0.494 e. The second-order valence-electron chi connectivity index (χ2n) is 7.08. The molecule has 0 aliphatic heterocycles. The molecule has 4 nitrogen and oxygen atoms in total. The first-order chi connectivity index (χ1) is 14.2. The molecule has 0 aliphatic carbocycles. The Balaban J connectivity index is 1.49. The first kappa shape index (κ1) is 21.1. The van der Waals surface area contributed by atoms with Gasteiger partial charge in [0, 0.05) is 16.5 Å². The van der Waals surface area contributed by atoms with Gasteiger partial charge in [0.25, 0.3) is 5.91 Å². The lowest BCUT2D eigenvalue weighted by Crippen LogP contribution is -2.22. The van der Waals surface area contributed by atoms with Crippen molar-refractivity contribution in [2.75, 3.05) is 6.61 Å². The smallest absolute Gasteiger partial charge is 0.251 e. The van der Waals surface area contributed by atoms with Crippen LogP contribution >= 0.6 is 11.3 Å². The first-order valence-electron chi connectivity index (χ1n) is 10.2. The number of hydrogen-bond donors (Lipinski definition) is 1. The van der Waals surface area contributed by atoms with E-state index in [-0.39, 0.29) is 5.91 Å². The monoisotopic (exact) mass is 408 g/mol. The van der Waals surface area contributed by atoms with Crippen LogP contribution in [0.25, 0.3) is 10.6 Å². The molecular formula is C24H28N2O2S. The van der Waals surface area contributed by atoms with E-state index in [1.807, 2.05) is 29.6 Å². The Morgan fingerprint density at radius 2 is 1.86 bits per heavy atom. The largest absolute Gasteiger partial charge is 0.494 e. The molecule has 0 fully saturated rings. The Labute approximate surface area is 177 Å². The number of carbonyl (C=O) groups excluding carboxylic acids is 1. The van der Waals surface area contributed by atoms with Gasteiger partial charge in [0.15, 0.2) is 0 Å². The molecule has 29 heavy (non-hydrogen) atoms. The molecule has 2 aromatic carbocycles. The zero-order valence-electron chi connectivity index (χ0n) is 17.1. The summed E-state index contributed by atoms with van der Waals surface area (Å²) < 4.78 is 5.73. The zero-order chi connectivity index (χ0) is 20.5. The van der Waals surface area contributed by atoms with Crippen molar-refractivity contribution in [1.29, 1.82) is 0 Å². The van der Waals surface area contributed by atoms with Crippen LogP contribution in [0.3, 0.4) is 0 Å². The number of unbranched alkanes of at least 4 members (excludes halogenated alkanes) is 3. The van der Waals surface area contributed by atoms with Crippen LogP contribution in [-0.4, -0.2) is 17.5 Å². The number of carbonyl (C=O) groups is 1. The van der Waals surface area contributed by atoms with Crippen LogP contribution in [0, 0.1) is 6.92 Å². The van der Waals surface area contributed by atoms with Crippen molar-refractivity contribution >= 4 is 17.2 Å². The molecular weight excluding hydrogens is 380 g/mol. The first-order valence-corrected chi connectivity index (χ1v) is 11.1. The summed E-state index contributed by atoms with van der Waals surface area (Å²) in [5, 5.41) is 5.92. The second kappa shape index (κ2) is 10.8. The number of nitrogens with zero attached hydrogens (tertiary/aromatic N) is 1. The number of aromatic nitrogens is 1. The van der Waals surface area contributed by atoms with Crippen LogP contribution in [0.5, 0.6) is 5.75 Å². The van der Waals surface area contributed by atoms with Gasteiger partial charge < -0.3 is 10.1 Å². The SMILES string of the molecule is CCCCCCOc1ccc(C(=O)NCc2csc(-c3ccccc3C)n2)cc1. The number of thiazole rings is 1. The molecule has 0 aliphatic rings. The van der Waals surface area contributed by atoms with Crippen molar-refractivity contribution < 1.29 is 9.53 Å². The number of amides is 1. The van der Waals surface area contributed by atoms with E-state index in [2.05, 4.69) is 36.3 Å². The maximum Gasteiger partial charge on any atom is 0.251 e. The van der Waals surface area contributed by atoms with E-state index >= 15 is 0 Å². The van der Waals surface area contributed by atoms with Gasteiger partial charge >= 0.3 is 0 Å². The van der Waals surface area contributed by atoms with E-state index in [4.69, 9.17) is 4.74 Å². The van der Waals surface area contributed by atoms with Crippen LogP contribution in [0.15, 0.2) is 53.9 Å². The van der Waals surface area contributed by atoms with Gasteiger partial charge in [-0.1, -0.05) is 50.5 Å². The Hall–Kier alpha value is -2.66. The van der Waals surface area contributed by atoms with Crippen molar-refractivity contribution in [1.82, 2.24) is 10.3 Å². The molecule has 0 bridgehead atoms. The molecule has 1 heterocycles. The fraction of sp³-hybridized carbons (Fsp3) is 0.333. The van der Waals surface area contributed by atoms with E-state index in [0.29, 0.717) is 12.1 Å². The maximum absolute atomic E-state index is 12.4. The average Bonchev–Trinajstić information content (AvgIpc) is 3.21. The van der Waals surface area contributed by atoms with E-state index in [1.54, 1.807) is 23.5 Å². The third-order valence-electron chi connectivity index (χ3n) is 4.74. The molecule has 0 unspecified atom stereocenters. The van der Waals surface area contributed by atoms with Gasteiger partial charge in [-0.2, -0.15) is 0 Å². The molecule has 0 saturated heterocycles. The Bertz CT molecular complexity index is 919. The fourth-order valence-electron chi connectivity index (χ4n) is 3.02. The predicted molar refractivity (Wildman–Crippen MR) is 120 cm³/mol. The Morgan fingerprint density at radius 3 is 2.62 bits per heavy atom. The fourth-order valence-corrected chi connectivity index (χ4v) is 3.93. The third kappa shape index (κ3) is 6.16. The number of hydrogen-bond acceptors (Lipinski definition) is 4. The molecule has 3 rings (SSSR count). The van der Waals surface area contributed by atoms with E-state index in [0.717, 1.165) is 35.0 Å². The highest BCUT2D eigenvalue weighted by atomic mass is 32.1. The number of benzene rings is 2. The molecule has 3 aromatic rings. The summed E-state index contributed by atoms with van der Waals surface area (Å²) >= 11 is 1.60. The molecule has 1 aromatic heterocycles. The molecule has 0 atom stereocenters. The number of aryl methyl sites for hydroxylation is 1. The van der Waals surface area contributed by atoms with E-state index in [1.165, 1.54) is 24.8 Å². The Morgan fingerprint density at radius 1 is 1.07 bits per heavy atom. The summed E-state index contributed by atoms with van der Waals surface area (Å²) in [6.45, 7) is 5.41. The van der Waals surface area contributed by atoms with Crippen molar-refractivity contribution in [2.24, 2.45) is 0 Å². The number of nitrogens with one attached hydrogen (secondary N) is 1. The van der Waals surface area contributed by atoms with Crippen molar-refractivity contribution in [3.8, 4) is 16.3 Å². The van der Waals surface area contributed by atoms with Gasteiger partial charge in [0.05, 0.1) is 18.8 Å². The van der Waals surface area contributed by atoms with E-state index < -0.39 is 0 Å². The molecule has 5 heteroatoms. The van der Waals surface area contributed by atoms with Gasteiger partial charge in [0.1, 0.15) is 10.8 Å². The quantitative estimate of drug-likeness (QED) is 0.418. The van der Waals surface area contributed by atoms with E-state index in [9.17, 15) is 4.79 Å². The lowest BCUT2D eigenvalue weighted by Gasteiger charge is -2.07. The molecule has 152 valence electrons. The summed E-state index contributed by atoms with van der Waals surface area (Å²) in [4.78, 5) is 17.1. The van der Waals surface area contributed by atoms with Gasteiger partial charge in [0.2, 0.25) is 0 Å². The van der Waals surface area contributed by atoms with Crippen LogP contribution in [0.1, 0.15) is 54.2 Å². The molecule has 1 amide bonds. The molecule has 0 spiro atoms. The normalized spacial score (nSPS) is 10.7. The highest BCUT2D eigenvalue weighted by molar-refractivity contribution is 7.13. The van der Waals surface area contributed by atoms with Crippen LogP contribution < -0.4 is 10.1 Å². The highest BCUT2D eigenvalue weighted by Gasteiger charge is 2.09. The topological polar surface area (TPSA) is 51.2 Å². The molecule has 0 saturated carbocycles. The predicted octanol–water partition coefficient (Wildman–Crippen LogP) is 6.01. The van der Waals surface area contributed by atoms with Crippen molar-refractivity contribution in [2.45, 2.75) is 46.1 Å². The van der Waals surface area contributed by atoms with Gasteiger partial charge in [-0.05, 0) is 43.2 Å². The standard InChI is InChI=1S/C24H28N2O2S/c1-3-4-5-8-15-28-21-13-11-19(12-14-21)23(27)25-16-20-17-29-24(26-20)22-10-7-6-9-18(22)2/h6-7,9-14,17H,3-5,8,15-16H2,1-2H3,(H,25,27). The minimum atomic E-state index is -0.107. The lowest BCUT2D eigenvalue weighted by atomic mass is 10.1. The zero-order valence-corrected chi connectivity index (χ0v) is 17.9. The van der Waals surface area contributed by atoms with Crippen LogP contribution in [-0.2, 0) is 6.54 Å². The highest BCUT2D eigenvalue weighted by Crippen LogP contribution is 2.26. The van der Waals surface area contributed by atoms with Crippen LogP contribution in [0.4, 0.5) is 0 Å². The summed E-state index contributed by atoms with van der Waals surface area (Å²) in [5.41, 5.74) is 3.83. The van der Waals surface area contributed by atoms with Gasteiger partial charge in [-0.25, -0.2) is 4.98 Å². The minimum absolute atomic E-state index is 0.107. The molecule has 1 N–H and O–H groups in total. The summed E-state index contributed by atoms with van der Waals surface area (Å²) in [6, 6.07) is 15.5. The summed E-state index contributed by atoms with van der Waals surface area (Å²) in [5.74, 6) is 0.699.